The van der Waals surface area contributed by atoms with Crippen molar-refractivity contribution in [2.24, 2.45) is 0 Å². The molecule has 5 nitrogen and oxygen atoms in total. The second kappa shape index (κ2) is 7.52. The summed E-state index contributed by atoms with van der Waals surface area (Å²) in [6.45, 7) is 2.78. The Labute approximate surface area is 175 Å². The van der Waals surface area contributed by atoms with Crippen LogP contribution in [0, 0.1) is 6.92 Å². The zero-order chi connectivity index (χ0) is 20.5. The van der Waals surface area contributed by atoms with Crippen LogP contribution in [-0.2, 0) is 4.79 Å². The molecule has 0 saturated heterocycles. The number of nitrogens with one attached hydrogen (secondary N) is 3. The number of aromatic amines is 1. The first-order chi connectivity index (χ1) is 14.7. The first kappa shape index (κ1) is 18.2. The van der Waals surface area contributed by atoms with Gasteiger partial charge in [-0.05, 0) is 42.3 Å². The molecule has 5 rings (SSSR count). The van der Waals surface area contributed by atoms with Crippen molar-refractivity contribution in [3.8, 4) is 11.3 Å². The van der Waals surface area contributed by atoms with Gasteiger partial charge in [-0.3, -0.25) is 4.79 Å². The number of carbonyl (C=O) groups is 1. The molecule has 0 spiro atoms. The van der Waals surface area contributed by atoms with Crippen LogP contribution in [0.1, 0.15) is 17.5 Å². The summed E-state index contributed by atoms with van der Waals surface area (Å²) in [6, 6.07) is 16.7. The number of carbonyl (C=O) groups excluding carboxylic acids is 1. The van der Waals surface area contributed by atoms with Gasteiger partial charge in [0.2, 0.25) is 0 Å². The summed E-state index contributed by atoms with van der Waals surface area (Å²) in [5, 5.41) is 7.05. The van der Waals surface area contributed by atoms with Gasteiger partial charge < -0.3 is 15.6 Å². The fourth-order valence-electron chi connectivity index (χ4n) is 3.90. The molecule has 0 unspecified atom stereocenters. The predicted octanol–water partition coefficient (Wildman–Crippen LogP) is 4.59. The molecule has 1 aliphatic carbocycles. The van der Waals surface area contributed by atoms with E-state index in [1.807, 2.05) is 12.3 Å². The minimum absolute atomic E-state index is 0.140. The molecule has 5 heteroatoms. The third-order valence-electron chi connectivity index (χ3n) is 5.52. The quantitative estimate of drug-likeness (QED) is 0.605. The van der Waals surface area contributed by atoms with Gasteiger partial charge >= 0.3 is 0 Å². The average Bonchev–Trinajstić information content (AvgIpc) is 3.43. The van der Waals surface area contributed by atoms with E-state index in [9.17, 15) is 4.79 Å². The highest BCUT2D eigenvalue weighted by molar-refractivity contribution is 5.96. The van der Waals surface area contributed by atoms with Crippen molar-refractivity contribution in [1.82, 2.24) is 15.3 Å². The summed E-state index contributed by atoms with van der Waals surface area (Å²) in [7, 11) is 0. The Morgan fingerprint density at radius 2 is 1.83 bits per heavy atom. The molecule has 2 aromatic carbocycles. The first-order valence-corrected chi connectivity index (χ1v) is 10.0. The number of benzene rings is 2. The lowest BCUT2D eigenvalue weighted by Gasteiger charge is -2.18. The molecule has 3 aromatic rings. The molecular formula is C25H22N4O. The van der Waals surface area contributed by atoms with Crippen LogP contribution >= 0.6 is 0 Å². The number of hydrogen-bond donors (Lipinski definition) is 3. The molecule has 2 heterocycles. The van der Waals surface area contributed by atoms with Crippen LogP contribution in [0.4, 0.5) is 5.69 Å². The largest absolute Gasteiger partial charge is 0.381 e. The number of rotatable bonds is 4. The molecule has 30 heavy (non-hydrogen) atoms. The molecule has 0 atom stereocenters. The molecule has 3 N–H and O–H groups in total. The Morgan fingerprint density at radius 1 is 1.03 bits per heavy atom. The van der Waals surface area contributed by atoms with Gasteiger partial charge in [-0.2, -0.15) is 0 Å². The van der Waals surface area contributed by atoms with Gasteiger partial charge in [0.05, 0.1) is 17.7 Å². The molecule has 0 fully saturated rings. The topological polar surface area (TPSA) is 69.8 Å². The van der Waals surface area contributed by atoms with Crippen molar-refractivity contribution in [3.05, 3.63) is 101 Å². The maximum atomic E-state index is 12.1. The molecule has 148 valence electrons. The van der Waals surface area contributed by atoms with Crippen LogP contribution in [0.2, 0.25) is 0 Å². The summed E-state index contributed by atoms with van der Waals surface area (Å²) >= 11 is 0. The Bertz CT molecular complexity index is 1180. The van der Waals surface area contributed by atoms with E-state index in [0.717, 1.165) is 45.0 Å². The smallest absolute Gasteiger partial charge is 0.160 e. The van der Waals surface area contributed by atoms with Crippen molar-refractivity contribution < 1.29 is 4.79 Å². The summed E-state index contributed by atoms with van der Waals surface area (Å²) in [4.78, 5) is 19.4. The standard InChI is InChI=1S/C25H22N4O/c1-16-2-4-18(5-3-16)25(22-13-27-23-11-10-20(30)12-21(22)23)29-19-8-6-17(7-9-19)24-14-26-15-28-24/h2-11,14-15,27,29H,12-13H2,1H3,(H,26,28). The van der Waals surface area contributed by atoms with E-state index >= 15 is 0 Å². The molecule has 1 aliphatic heterocycles. The molecule has 1 aromatic heterocycles. The maximum absolute atomic E-state index is 12.1. The van der Waals surface area contributed by atoms with E-state index in [4.69, 9.17) is 0 Å². The lowest BCUT2D eigenvalue weighted by molar-refractivity contribution is -0.114. The summed E-state index contributed by atoms with van der Waals surface area (Å²) in [5.74, 6) is 0.140. The Hall–Kier alpha value is -3.86. The Morgan fingerprint density at radius 3 is 2.57 bits per heavy atom. The van der Waals surface area contributed by atoms with E-state index in [-0.39, 0.29) is 5.78 Å². The molecule has 0 radical (unpaired) electrons. The van der Waals surface area contributed by atoms with Crippen LogP contribution in [0.15, 0.2) is 90.1 Å². The van der Waals surface area contributed by atoms with Crippen molar-refractivity contribution in [3.63, 3.8) is 0 Å². The normalized spacial score (nSPS) is 17.0. The lowest BCUT2D eigenvalue weighted by Crippen LogP contribution is -2.10. The van der Waals surface area contributed by atoms with E-state index in [0.29, 0.717) is 13.0 Å². The van der Waals surface area contributed by atoms with Crippen molar-refractivity contribution >= 4 is 17.2 Å². The van der Waals surface area contributed by atoms with Gasteiger partial charge in [-0.15, -0.1) is 0 Å². The lowest BCUT2D eigenvalue weighted by atomic mass is 9.93. The highest BCUT2D eigenvalue weighted by Gasteiger charge is 2.26. The van der Waals surface area contributed by atoms with Gasteiger partial charge in [-0.25, -0.2) is 4.98 Å². The van der Waals surface area contributed by atoms with Gasteiger partial charge in [-0.1, -0.05) is 42.0 Å². The number of anilines is 1. The highest BCUT2D eigenvalue weighted by atomic mass is 16.1. The third-order valence-corrected chi connectivity index (χ3v) is 5.52. The first-order valence-electron chi connectivity index (χ1n) is 10.0. The van der Waals surface area contributed by atoms with Crippen molar-refractivity contribution in [2.45, 2.75) is 13.3 Å². The molecule has 2 aliphatic rings. The van der Waals surface area contributed by atoms with Gasteiger partial charge in [0.25, 0.3) is 0 Å². The second-order valence-electron chi connectivity index (χ2n) is 7.60. The van der Waals surface area contributed by atoms with Crippen LogP contribution < -0.4 is 10.6 Å². The second-order valence-corrected chi connectivity index (χ2v) is 7.60. The number of H-pyrrole nitrogens is 1. The van der Waals surface area contributed by atoms with Gasteiger partial charge in [0.1, 0.15) is 0 Å². The highest BCUT2D eigenvalue weighted by Crippen LogP contribution is 2.34. The van der Waals surface area contributed by atoms with E-state index in [1.165, 1.54) is 5.56 Å². The number of nitrogens with zero attached hydrogens (tertiary/aromatic N) is 1. The summed E-state index contributed by atoms with van der Waals surface area (Å²) in [5.41, 5.74) is 9.58. The SMILES string of the molecule is Cc1ccc(C(Nc2ccc(-c3c[nH]cn3)cc2)=C2CNC3=C2CC(=O)C=C3)cc1. The number of imidazole rings is 1. The zero-order valence-electron chi connectivity index (χ0n) is 16.7. The molecule has 0 bridgehead atoms. The van der Waals surface area contributed by atoms with E-state index in [1.54, 1.807) is 12.4 Å². The van der Waals surface area contributed by atoms with Crippen LogP contribution in [-0.4, -0.2) is 22.3 Å². The van der Waals surface area contributed by atoms with E-state index < -0.39 is 0 Å². The summed E-state index contributed by atoms with van der Waals surface area (Å²) in [6.07, 6.45) is 7.54. The minimum Gasteiger partial charge on any atom is -0.381 e. The fourth-order valence-corrected chi connectivity index (χ4v) is 3.90. The number of allylic oxidation sites excluding steroid dienone is 2. The number of hydrogen-bond acceptors (Lipinski definition) is 4. The van der Waals surface area contributed by atoms with Gasteiger partial charge in [0, 0.05) is 41.7 Å². The number of aryl methyl sites for hydroxylation is 1. The van der Waals surface area contributed by atoms with E-state index in [2.05, 4.69) is 76.1 Å². The average molecular weight is 394 g/mol. The number of ketones is 1. The molecular weight excluding hydrogens is 372 g/mol. The summed E-state index contributed by atoms with van der Waals surface area (Å²) < 4.78 is 0. The Balaban J connectivity index is 1.54. The van der Waals surface area contributed by atoms with Crippen molar-refractivity contribution in [1.29, 1.82) is 0 Å². The monoisotopic (exact) mass is 394 g/mol. The zero-order valence-corrected chi connectivity index (χ0v) is 16.7. The predicted molar refractivity (Wildman–Crippen MR) is 120 cm³/mol. The molecule has 0 amide bonds. The fraction of sp³-hybridized carbons (Fsp3) is 0.120. The third kappa shape index (κ3) is 3.46. The maximum Gasteiger partial charge on any atom is 0.160 e. The Kier molecular flexibility index (Phi) is 4.56. The van der Waals surface area contributed by atoms with Crippen LogP contribution in [0.3, 0.4) is 0 Å². The molecule has 0 saturated carbocycles. The van der Waals surface area contributed by atoms with Crippen molar-refractivity contribution in [2.75, 3.05) is 11.9 Å². The van der Waals surface area contributed by atoms with Gasteiger partial charge in [0.15, 0.2) is 5.78 Å². The minimum atomic E-state index is 0.140. The number of aromatic nitrogens is 2. The van der Waals surface area contributed by atoms with Crippen LogP contribution in [0.25, 0.3) is 17.0 Å². The van der Waals surface area contributed by atoms with Crippen LogP contribution in [0.5, 0.6) is 0 Å².